The largest absolute Gasteiger partial charge is 0.493 e. The molecule has 2 aromatic carbocycles. The Morgan fingerprint density at radius 1 is 1.19 bits per heavy atom. The maximum absolute atomic E-state index is 5.87. The fraction of sp³-hybridized carbons (Fsp3) is 0.250. The molecule has 0 saturated heterocycles. The molecule has 2 aromatic rings. The van der Waals surface area contributed by atoms with Crippen LogP contribution in [0, 0.1) is 0 Å². The van der Waals surface area contributed by atoms with Crippen LogP contribution in [0.4, 0.5) is 5.69 Å². The maximum Gasteiger partial charge on any atom is 0.175 e. The van der Waals surface area contributed by atoms with E-state index in [4.69, 9.17) is 21.1 Å². The summed E-state index contributed by atoms with van der Waals surface area (Å²) in [7, 11) is 1.64. The van der Waals surface area contributed by atoms with Crippen LogP contribution in [0.2, 0.25) is 5.02 Å². The van der Waals surface area contributed by atoms with E-state index in [1.54, 1.807) is 7.11 Å². The lowest BCUT2D eigenvalue weighted by Crippen LogP contribution is -2.02. The first kappa shape index (κ1) is 16.0. The van der Waals surface area contributed by atoms with Gasteiger partial charge in [0, 0.05) is 17.3 Å². The molecule has 3 nitrogen and oxygen atoms in total. The van der Waals surface area contributed by atoms with Gasteiger partial charge in [0.15, 0.2) is 11.5 Å². The first-order valence-corrected chi connectivity index (χ1v) is 7.79. The third-order valence-electron chi connectivity index (χ3n) is 2.92. The lowest BCUT2D eigenvalue weighted by atomic mass is 10.2. The van der Waals surface area contributed by atoms with Gasteiger partial charge in [-0.1, -0.05) is 11.6 Å². The van der Waals surface area contributed by atoms with Crippen LogP contribution < -0.4 is 14.8 Å². The molecule has 0 unspecified atom stereocenters. The zero-order valence-electron chi connectivity index (χ0n) is 12.0. The zero-order chi connectivity index (χ0) is 15.2. The molecule has 0 spiro atoms. The van der Waals surface area contributed by atoms with Crippen molar-refractivity contribution >= 4 is 33.2 Å². The summed E-state index contributed by atoms with van der Waals surface area (Å²) in [6, 6.07) is 11.6. The molecule has 21 heavy (non-hydrogen) atoms. The molecular weight excluding hydrogens is 354 g/mol. The van der Waals surface area contributed by atoms with Crippen LogP contribution in [0.15, 0.2) is 40.9 Å². The highest BCUT2D eigenvalue weighted by Crippen LogP contribution is 2.36. The number of hydrogen-bond acceptors (Lipinski definition) is 3. The van der Waals surface area contributed by atoms with Crippen LogP contribution in [-0.2, 0) is 6.54 Å². The van der Waals surface area contributed by atoms with Gasteiger partial charge in [0.05, 0.1) is 18.2 Å². The molecule has 0 amide bonds. The van der Waals surface area contributed by atoms with E-state index in [-0.39, 0.29) is 0 Å². The van der Waals surface area contributed by atoms with Gasteiger partial charge in [-0.3, -0.25) is 0 Å². The van der Waals surface area contributed by atoms with Gasteiger partial charge >= 0.3 is 0 Å². The van der Waals surface area contributed by atoms with Gasteiger partial charge in [-0.2, -0.15) is 0 Å². The van der Waals surface area contributed by atoms with Crippen molar-refractivity contribution in [3.63, 3.8) is 0 Å². The van der Waals surface area contributed by atoms with Gasteiger partial charge < -0.3 is 14.8 Å². The van der Waals surface area contributed by atoms with Gasteiger partial charge in [0.1, 0.15) is 0 Å². The van der Waals surface area contributed by atoms with Crippen LogP contribution >= 0.6 is 27.5 Å². The van der Waals surface area contributed by atoms with Gasteiger partial charge in [-0.05, 0) is 64.8 Å². The highest BCUT2D eigenvalue weighted by atomic mass is 79.9. The fourth-order valence-corrected chi connectivity index (χ4v) is 2.66. The topological polar surface area (TPSA) is 30.5 Å². The Morgan fingerprint density at radius 2 is 1.90 bits per heavy atom. The van der Waals surface area contributed by atoms with E-state index < -0.39 is 0 Å². The van der Waals surface area contributed by atoms with Gasteiger partial charge in [0.2, 0.25) is 0 Å². The van der Waals surface area contributed by atoms with E-state index >= 15 is 0 Å². The molecular formula is C16H17BrClNO2. The molecule has 0 fully saturated rings. The SMILES string of the molecule is CCOc1c(Br)cc(CNc2ccc(Cl)cc2)cc1OC. The van der Waals surface area contributed by atoms with Crippen molar-refractivity contribution in [2.24, 2.45) is 0 Å². The number of nitrogens with one attached hydrogen (secondary N) is 1. The van der Waals surface area contributed by atoms with Crippen LogP contribution in [0.25, 0.3) is 0 Å². The third-order valence-corrected chi connectivity index (χ3v) is 3.76. The molecule has 0 saturated carbocycles. The summed E-state index contributed by atoms with van der Waals surface area (Å²) in [5.74, 6) is 1.45. The summed E-state index contributed by atoms with van der Waals surface area (Å²) >= 11 is 9.40. The maximum atomic E-state index is 5.87. The number of ether oxygens (including phenoxy) is 2. The van der Waals surface area contributed by atoms with Crippen molar-refractivity contribution in [2.75, 3.05) is 19.0 Å². The first-order chi connectivity index (χ1) is 10.1. The van der Waals surface area contributed by atoms with E-state index in [1.165, 1.54) is 0 Å². The molecule has 0 aliphatic rings. The lowest BCUT2D eigenvalue weighted by molar-refractivity contribution is 0.308. The predicted octanol–water partition coefficient (Wildman–Crippen LogP) is 5.12. The number of halogens is 2. The molecule has 0 aliphatic carbocycles. The smallest absolute Gasteiger partial charge is 0.175 e. The van der Waals surface area contributed by atoms with E-state index in [0.717, 1.165) is 32.2 Å². The fourth-order valence-electron chi connectivity index (χ4n) is 1.93. The average Bonchev–Trinajstić information content (AvgIpc) is 2.49. The molecule has 5 heteroatoms. The lowest BCUT2D eigenvalue weighted by Gasteiger charge is -2.14. The third kappa shape index (κ3) is 4.29. The molecule has 0 aromatic heterocycles. The molecule has 0 aliphatic heterocycles. The van der Waals surface area contributed by atoms with Gasteiger partial charge in [-0.25, -0.2) is 0 Å². The summed E-state index contributed by atoms with van der Waals surface area (Å²) in [5.41, 5.74) is 2.11. The second-order valence-electron chi connectivity index (χ2n) is 4.40. The van der Waals surface area contributed by atoms with Crippen LogP contribution in [-0.4, -0.2) is 13.7 Å². The normalized spacial score (nSPS) is 10.3. The average molecular weight is 371 g/mol. The summed E-state index contributed by atoms with van der Waals surface area (Å²) in [5, 5.41) is 4.07. The van der Waals surface area contributed by atoms with Crippen molar-refractivity contribution < 1.29 is 9.47 Å². The summed E-state index contributed by atoms with van der Waals surface area (Å²) in [6.07, 6.45) is 0. The number of benzene rings is 2. The Balaban J connectivity index is 2.13. The number of rotatable bonds is 6. The van der Waals surface area contributed by atoms with Crippen molar-refractivity contribution in [2.45, 2.75) is 13.5 Å². The zero-order valence-corrected chi connectivity index (χ0v) is 14.3. The van der Waals surface area contributed by atoms with Crippen molar-refractivity contribution in [3.05, 3.63) is 51.5 Å². The number of hydrogen-bond donors (Lipinski definition) is 1. The summed E-state index contributed by atoms with van der Waals surface area (Å²) in [4.78, 5) is 0. The standard InChI is InChI=1S/C16H17BrClNO2/c1-3-21-16-14(17)8-11(9-15(16)20-2)10-19-13-6-4-12(18)5-7-13/h4-9,19H,3,10H2,1-2H3. The second-order valence-corrected chi connectivity index (χ2v) is 5.69. The summed E-state index contributed by atoms with van der Waals surface area (Å²) < 4.78 is 11.9. The van der Waals surface area contributed by atoms with E-state index in [1.807, 2.05) is 43.3 Å². The molecule has 1 N–H and O–H groups in total. The highest BCUT2D eigenvalue weighted by molar-refractivity contribution is 9.10. The molecule has 0 heterocycles. The monoisotopic (exact) mass is 369 g/mol. The van der Waals surface area contributed by atoms with E-state index in [2.05, 4.69) is 21.2 Å². The Labute approximate surface area is 138 Å². The second kappa shape index (κ2) is 7.57. The van der Waals surface area contributed by atoms with Gasteiger partial charge in [0.25, 0.3) is 0 Å². The Bertz CT molecular complexity index is 602. The van der Waals surface area contributed by atoms with Crippen molar-refractivity contribution in [1.82, 2.24) is 0 Å². The quantitative estimate of drug-likeness (QED) is 0.765. The van der Waals surface area contributed by atoms with Crippen LogP contribution in [0.1, 0.15) is 12.5 Å². The Kier molecular flexibility index (Phi) is 5.76. The molecule has 2 rings (SSSR count). The Hall–Kier alpha value is -1.39. The Morgan fingerprint density at radius 3 is 2.52 bits per heavy atom. The molecule has 112 valence electrons. The highest BCUT2D eigenvalue weighted by Gasteiger charge is 2.11. The van der Waals surface area contributed by atoms with Crippen molar-refractivity contribution in [1.29, 1.82) is 0 Å². The van der Waals surface area contributed by atoms with Crippen LogP contribution in [0.3, 0.4) is 0 Å². The number of methoxy groups -OCH3 is 1. The minimum atomic E-state index is 0.595. The molecule has 0 bridgehead atoms. The summed E-state index contributed by atoms with van der Waals surface area (Å²) in [6.45, 7) is 3.22. The first-order valence-electron chi connectivity index (χ1n) is 6.62. The minimum Gasteiger partial charge on any atom is -0.493 e. The van der Waals surface area contributed by atoms with Gasteiger partial charge in [-0.15, -0.1) is 0 Å². The van der Waals surface area contributed by atoms with E-state index in [9.17, 15) is 0 Å². The van der Waals surface area contributed by atoms with Crippen LogP contribution in [0.5, 0.6) is 11.5 Å². The van der Waals surface area contributed by atoms with Crippen molar-refractivity contribution in [3.8, 4) is 11.5 Å². The predicted molar refractivity (Wildman–Crippen MR) is 90.6 cm³/mol. The number of anilines is 1. The minimum absolute atomic E-state index is 0.595. The van der Waals surface area contributed by atoms with E-state index in [0.29, 0.717) is 13.2 Å². The molecule has 0 atom stereocenters. The molecule has 0 radical (unpaired) electrons.